The summed E-state index contributed by atoms with van der Waals surface area (Å²) in [6.45, 7) is 0. The van der Waals surface area contributed by atoms with Crippen molar-refractivity contribution in [2.75, 3.05) is 0 Å². The molecule has 0 saturated heterocycles. The van der Waals surface area contributed by atoms with Gasteiger partial charge < -0.3 is 4.42 Å². The fraction of sp³-hybridized carbons (Fsp3) is 0.200. The highest BCUT2D eigenvalue weighted by Crippen LogP contribution is 2.28. The van der Waals surface area contributed by atoms with Crippen LogP contribution in [0.2, 0.25) is 0 Å². The van der Waals surface area contributed by atoms with Gasteiger partial charge in [-0.1, -0.05) is 0 Å². The molecule has 0 unspecified atom stereocenters. The lowest BCUT2D eigenvalue weighted by molar-refractivity contribution is -0.123. The Kier molecular flexibility index (Phi) is 3.43. The molecule has 1 fully saturated rings. The topological polar surface area (TPSA) is 71.3 Å². The van der Waals surface area contributed by atoms with E-state index in [1.165, 1.54) is 18.2 Å². The van der Waals surface area contributed by atoms with Gasteiger partial charge in [-0.25, -0.2) is 4.39 Å². The molecule has 2 amide bonds. The Balaban J connectivity index is 1.64. The van der Waals surface area contributed by atoms with E-state index in [-0.39, 0.29) is 23.4 Å². The number of carbonyl (C=O) groups excluding carboxylic acids is 2. The number of hydrogen-bond acceptors (Lipinski definition) is 3. The van der Waals surface area contributed by atoms with Gasteiger partial charge in [0.2, 0.25) is 5.91 Å². The van der Waals surface area contributed by atoms with E-state index >= 15 is 0 Å². The molecule has 0 atom stereocenters. The number of nitrogens with one attached hydrogen (secondary N) is 2. The molecule has 0 bridgehead atoms. The van der Waals surface area contributed by atoms with Gasteiger partial charge in [-0.2, -0.15) is 0 Å². The molecule has 3 rings (SSSR count). The maximum atomic E-state index is 12.8. The molecule has 0 spiro atoms. The van der Waals surface area contributed by atoms with Crippen LogP contribution in [0.4, 0.5) is 4.39 Å². The van der Waals surface area contributed by atoms with E-state index in [0.717, 1.165) is 12.8 Å². The Morgan fingerprint density at radius 2 is 1.76 bits per heavy atom. The number of hydrogen-bond donors (Lipinski definition) is 2. The summed E-state index contributed by atoms with van der Waals surface area (Å²) in [6, 6.07) is 8.86. The van der Waals surface area contributed by atoms with Crippen LogP contribution in [0.5, 0.6) is 0 Å². The molecule has 1 heterocycles. The zero-order valence-electron chi connectivity index (χ0n) is 11.1. The molecule has 0 aliphatic heterocycles. The van der Waals surface area contributed by atoms with Crippen LogP contribution in [0.15, 0.2) is 40.8 Å². The number of carbonyl (C=O) groups is 2. The predicted molar refractivity (Wildman–Crippen MR) is 72.4 cm³/mol. The number of rotatable bonds is 3. The van der Waals surface area contributed by atoms with Gasteiger partial charge >= 0.3 is 5.91 Å². The van der Waals surface area contributed by atoms with E-state index in [1.54, 1.807) is 18.2 Å². The van der Waals surface area contributed by atoms with E-state index in [0.29, 0.717) is 11.3 Å². The Bertz CT molecular complexity index is 674. The smallest absolute Gasteiger partial charge is 0.305 e. The van der Waals surface area contributed by atoms with E-state index in [4.69, 9.17) is 4.42 Å². The zero-order chi connectivity index (χ0) is 14.8. The van der Waals surface area contributed by atoms with Gasteiger partial charge in [0.15, 0.2) is 5.76 Å². The maximum absolute atomic E-state index is 12.8. The number of hydrazine groups is 1. The van der Waals surface area contributed by atoms with Gasteiger partial charge in [-0.3, -0.25) is 20.4 Å². The molecule has 0 radical (unpaired) electrons. The standard InChI is InChI=1S/C15H13FN2O3/c16-11-5-3-9(4-6-11)12-7-8-13(21-12)15(20)18-17-14(19)10-1-2-10/h3-8,10H,1-2H2,(H,17,19)(H,18,20). The van der Waals surface area contributed by atoms with Crippen LogP contribution < -0.4 is 10.9 Å². The van der Waals surface area contributed by atoms with Crippen LogP contribution in [-0.4, -0.2) is 11.8 Å². The molecule has 1 saturated carbocycles. The highest BCUT2D eigenvalue weighted by molar-refractivity contribution is 5.93. The number of amides is 2. The molecular weight excluding hydrogens is 275 g/mol. The molecule has 2 aromatic rings. The number of halogens is 1. The summed E-state index contributed by atoms with van der Waals surface area (Å²) in [5.74, 6) is -0.521. The van der Waals surface area contributed by atoms with Crippen molar-refractivity contribution in [2.45, 2.75) is 12.8 Å². The summed E-state index contributed by atoms with van der Waals surface area (Å²) in [6.07, 6.45) is 1.72. The summed E-state index contributed by atoms with van der Waals surface area (Å²) >= 11 is 0. The van der Waals surface area contributed by atoms with Crippen molar-refractivity contribution in [3.05, 3.63) is 48.0 Å². The Morgan fingerprint density at radius 1 is 1.05 bits per heavy atom. The van der Waals surface area contributed by atoms with Crippen molar-refractivity contribution in [1.82, 2.24) is 10.9 Å². The summed E-state index contributed by atoms with van der Waals surface area (Å²) in [5, 5.41) is 0. The van der Waals surface area contributed by atoms with Crippen LogP contribution in [0.25, 0.3) is 11.3 Å². The third-order valence-electron chi connectivity index (χ3n) is 3.21. The van der Waals surface area contributed by atoms with Crippen molar-refractivity contribution in [2.24, 2.45) is 5.92 Å². The van der Waals surface area contributed by atoms with Gasteiger partial charge in [0.1, 0.15) is 11.6 Å². The van der Waals surface area contributed by atoms with Crippen LogP contribution in [0.3, 0.4) is 0 Å². The quantitative estimate of drug-likeness (QED) is 0.851. The largest absolute Gasteiger partial charge is 0.451 e. The molecule has 1 aromatic heterocycles. The first-order chi connectivity index (χ1) is 10.1. The van der Waals surface area contributed by atoms with Gasteiger partial charge in [-0.15, -0.1) is 0 Å². The number of furan rings is 1. The summed E-state index contributed by atoms with van der Waals surface area (Å²) in [7, 11) is 0. The molecule has 21 heavy (non-hydrogen) atoms. The van der Waals surface area contributed by atoms with Crippen molar-refractivity contribution in [1.29, 1.82) is 0 Å². The third kappa shape index (κ3) is 3.10. The number of benzene rings is 1. The van der Waals surface area contributed by atoms with E-state index in [1.807, 2.05) is 0 Å². The van der Waals surface area contributed by atoms with Gasteiger partial charge in [0.05, 0.1) is 0 Å². The van der Waals surface area contributed by atoms with Gasteiger partial charge in [-0.05, 0) is 49.2 Å². The normalized spacial score (nSPS) is 13.8. The minimum atomic E-state index is -0.530. The highest BCUT2D eigenvalue weighted by Gasteiger charge is 2.29. The fourth-order valence-electron chi connectivity index (χ4n) is 1.86. The lowest BCUT2D eigenvalue weighted by Crippen LogP contribution is -2.42. The van der Waals surface area contributed by atoms with Crippen LogP contribution in [0, 0.1) is 11.7 Å². The lowest BCUT2D eigenvalue weighted by Gasteiger charge is -2.04. The molecule has 6 heteroatoms. The van der Waals surface area contributed by atoms with Crippen LogP contribution in [-0.2, 0) is 4.79 Å². The van der Waals surface area contributed by atoms with Gasteiger partial charge in [0.25, 0.3) is 0 Å². The van der Waals surface area contributed by atoms with E-state index < -0.39 is 5.91 Å². The average Bonchev–Trinajstić information content (AvgIpc) is 3.23. The van der Waals surface area contributed by atoms with Crippen LogP contribution >= 0.6 is 0 Å². The molecular formula is C15H13FN2O3. The first-order valence-electron chi connectivity index (χ1n) is 6.59. The molecule has 1 aromatic carbocycles. The summed E-state index contributed by atoms with van der Waals surface area (Å²) in [4.78, 5) is 23.2. The van der Waals surface area contributed by atoms with Crippen molar-refractivity contribution < 1.29 is 18.4 Å². The van der Waals surface area contributed by atoms with Crippen molar-refractivity contribution >= 4 is 11.8 Å². The zero-order valence-corrected chi connectivity index (χ0v) is 11.1. The minimum Gasteiger partial charge on any atom is -0.451 e. The Hall–Kier alpha value is -2.63. The first kappa shape index (κ1) is 13.4. The highest BCUT2D eigenvalue weighted by atomic mass is 19.1. The minimum absolute atomic E-state index is 0.0108. The van der Waals surface area contributed by atoms with Crippen molar-refractivity contribution in [3.63, 3.8) is 0 Å². The summed E-state index contributed by atoms with van der Waals surface area (Å²) in [5.41, 5.74) is 5.32. The second kappa shape index (κ2) is 5.40. The Labute approximate surface area is 120 Å². The fourth-order valence-corrected chi connectivity index (χ4v) is 1.86. The SMILES string of the molecule is O=C(NNC(=O)C1CC1)c1ccc(-c2ccc(F)cc2)o1. The molecule has 2 N–H and O–H groups in total. The predicted octanol–water partition coefficient (Wildman–Crippen LogP) is 2.26. The Morgan fingerprint density at radius 3 is 2.43 bits per heavy atom. The molecule has 5 nitrogen and oxygen atoms in total. The summed E-state index contributed by atoms with van der Waals surface area (Å²) < 4.78 is 18.2. The second-order valence-corrected chi connectivity index (χ2v) is 4.89. The van der Waals surface area contributed by atoms with Gasteiger partial charge in [0, 0.05) is 11.5 Å². The van der Waals surface area contributed by atoms with E-state index in [9.17, 15) is 14.0 Å². The molecule has 1 aliphatic carbocycles. The average molecular weight is 288 g/mol. The third-order valence-corrected chi connectivity index (χ3v) is 3.21. The second-order valence-electron chi connectivity index (χ2n) is 4.89. The first-order valence-corrected chi connectivity index (χ1v) is 6.59. The molecule has 1 aliphatic rings. The monoisotopic (exact) mass is 288 g/mol. The maximum Gasteiger partial charge on any atom is 0.305 e. The lowest BCUT2D eigenvalue weighted by atomic mass is 10.2. The van der Waals surface area contributed by atoms with Crippen molar-refractivity contribution in [3.8, 4) is 11.3 Å². The van der Waals surface area contributed by atoms with Crippen LogP contribution in [0.1, 0.15) is 23.4 Å². The molecule has 108 valence electrons. The van der Waals surface area contributed by atoms with E-state index in [2.05, 4.69) is 10.9 Å².